The number of pyridine rings is 2. The highest BCUT2D eigenvalue weighted by atomic mass is 16.5. The van der Waals surface area contributed by atoms with E-state index in [1.807, 2.05) is 0 Å². The normalized spacial score (nSPS) is 10.4. The highest BCUT2D eigenvalue weighted by Crippen LogP contribution is 2.19. The fourth-order valence-electron chi connectivity index (χ4n) is 1.86. The number of aromatic carboxylic acids is 1. The molecule has 0 radical (unpaired) electrons. The Bertz CT molecular complexity index is 799. The van der Waals surface area contributed by atoms with Crippen LogP contribution in [0.3, 0.4) is 0 Å². The SMILES string of the molecule is COc1ccc(-n2nc(C(=O)O)nc2-c2ccccn2)cn1. The standard InChI is InChI=1S/C14H11N5O3/c1-22-11-6-5-9(8-16-11)19-13(10-4-2-3-7-15-10)17-12(18-19)14(20)21/h2-8H,1H3,(H,20,21). The summed E-state index contributed by atoms with van der Waals surface area (Å²) in [5, 5.41) is 13.1. The molecule has 22 heavy (non-hydrogen) atoms. The van der Waals surface area contributed by atoms with E-state index in [0.29, 0.717) is 23.1 Å². The molecule has 0 saturated carbocycles. The minimum Gasteiger partial charge on any atom is -0.481 e. The average Bonchev–Trinajstić information content (AvgIpc) is 3.01. The molecule has 0 aliphatic heterocycles. The molecular formula is C14H11N5O3. The van der Waals surface area contributed by atoms with Crippen LogP contribution >= 0.6 is 0 Å². The number of carboxylic acids is 1. The number of carbonyl (C=O) groups is 1. The third-order valence-electron chi connectivity index (χ3n) is 2.87. The Morgan fingerprint density at radius 2 is 2.09 bits per heavy atom. The van der Waals surface area contributed by atoms with E-state index in [1.165, 1.54) is 18.0 Å². The minimum absolute atomic E-state index is 0.309. The number of rotatable bonds is 4. The van der Waals surface area contributed by atoms with Gasteiger partial charge in [0.1, 0.15) is 5.69 Å². The molecule has 0 atom stereocenters. The van der Waals surface area contributed by atoms with Crippen LogP contribution in [-0.4, -0.2) is 42.9 Å². The fraction of sp³-hybridized carbons (Fsp3) is 0.0714. The summed E-state index contributed by atoms with van der Waals surface area (Å²) >= 11 is 0. The molecule has 0 aliphatic rings. The average molecular weight is 297 g/mol. The Labute approximate surface area is 125 Å². The Morgan fingerprint density at radius 3 is 2.68 bits per heavy atom. The number of methoxy groups -OCH3 is 1. The van der Waals surface area contributed by atoms with Crippen LogP contribution in [0.2, 0.25) is 0 Å². The zero-order chi connectivity index (χ0) is 15.5. The molecular weight excluding hydrogens is 286 g/mol. The largest absolute Gasteiger partial charge is 0.481 e. The minimum atomic E-state index is -1.21. The predicted molar refractivity (Wildman–Crippen MR) is 75.9 cm³/mol. The zero-order valence-electron chi connectivity index (χ0n) is 11.5. The molecule has 3 aromatic rings. The Balaban J connectivity index is 2.14. The van der Waals surface area contributed by atoms with Gasteiger partial charge in [0.25, 0.3) is 5.82 Å². The molecule has 0 aromatic carbocycles. The first-order valence-corrected chi connectivity index (χ1v) is 6.31. The first-order chi connectivity index (χ1) is 10.7. The van der Waals surface area contributed by atoms with Gasteiger partial charge in [-0.1, -0.05) is 6.07 Å². The second kappa shape index (κ2) is 5.60. The molecule has 0 saturated heterocycles. The van der Waals surface area contributed by atoms with E-state index in [2.05, 4.69) is 20.1 Å². The molecule has 0 aliphatic carbocycles. The van der Waals surface area contributed by atoms with Gasteiger partial charge in [0, 0.05) is 12.3 Å². The number of aromatic nitrogens is 5. The summed E-state index contributed by atoms with van der Waals surface area (Å²) in [7, 11) is 1.51. The maximum Gasteiger partial charge on any atom is 0.375 e. The van der Waals surface area contributed by atoms with Gasteiger partial charge in [0.05, 0.1) is 19.0 Å². The van der Waals surface area contributed by atoms with Crippen molar-refractivity contribution in [2.24, 2.45) is 0 Å². The molecule has 1 N–H and O–H groups in total. The van der Waals surface area contributed by atoms with Gasteiger partial charge in [-0.3, -0.25) is 4.98 Å². The number of carboxylic acid groups (broad SMARTS) is 1. The highest BCUT2D eigenvalue weighted by Gasteiger charge is 2.18. The molecule has 0 fully saturated rings. The van der Waals surface area contributed by atoms with Gasteiger partial charge < -0.3 is 9.84 Å². The van der Waals surface area contributed by atoms with E-state index >= 15 is 0 Å². The lowest BCUT2D eigenvalue weighted by Crippen LogP contribution is -2.03. The van der Waals surface area contributed by atoms with E-state index in [1.54, 1.807) is 36.5 Å². The van der Waals surface area contributed by atoms with Crippen molar-refractivity contribution in [3.05, 3.63) is 48.5 Å². The van der Waals surface area contributed by atoms with Crippen LogP contribution in [-0.2, 0) is 0 Å². The van der Waals surface area contributed by atoms with Crippen molar-refractivity contribution >= 4 is 5.97 Å². The predicted octanol–water partition coefficient (Wildman–Crippen LogP) is 1.43. The van der Waals surface area contributed by atoms with Gasteiger partial charge in [0.15, 0.2) is 5.82 Å². The van der Waals surface area contributed by atoms with Crippen LogP contribution < -0.4 is 4.74 Å². The first kappa shape index (κ1) is 13.7. The molecule has 8 heteroatoms. The van der Waals surface area contributed by atoms with Gasteiger partial charge in [-0.15, -0.1) is 5.10 Å². The van der Waals surface area contributed by atoms with Gasteiger partial charge in [0.2, 0.25) is 5.88 Å². The van der Waals surface area contributed by atoms with Crippen LogP contribution in [0.4, 0.5) is 0 Å². The second-order valence-electron chi connectivity index (χ2n) is 4.25. The molecule has 0 amide bonds. The molecule has 3 aromatic heterocycles. The van der Waals surface area contributed by atoms with E-state index < -0.39 is 5.97 Å². The number of hydrogen-bond acceptors (Lipinski definition) is 6. The maximum absolute atomic E-state index is 11.1. The quantitative estimate of drug-likeness (QED) is 0.776. The topological polar surface area (TPSA) is 103 Å². The molecule has 0 bridgehead atoms. The molecule has 0 spiro atoms. The number of nitrogens with zero attached hydrogens (tertiary/aromatic N) is 5. The first-order valence-electron chi connectivity index (χ1n) is 6.31. The molecule has 110 valence electrons. The Morgan fingerprint density at radius 1 is 1.23 bits per heavy atom. The number of ether oxygens (including phenoxy) is 1. The summed E-state index contributed by atoms with van der Waals surface area (Å²) in [6.45, 7) is 0. The van der Waals surface area contributed by atoms with Crippen LogP contribution in [0.1, 0.15) is 10.6 Å². The lowest BCUT2D eigenvalue weighted by atomic mass is 10.3. The molecule has 8 nitrogen and oxygen atoms in total. The monoisotopic (exact) mass is 297 g/mol. The van der Waals surface area contributed by atoms with Gasteiger partial charge >= 0.3 is 5.97 Å². The molecule has 3 heterocycles. The van der Waals surface area contributed by atoms with Crippen LogP contribution in [0.5, 0.6) is 5.88 Å². The van der Waals surface area contributed by atoms with E-state index in [9.17, 15) is 4.79 Å². The Hall–Kier alpha value is -3.29. The fourth-order valence-corrected chi connectivity index (χ4v) is 1.86. The second-order valence-corrected chi connectivity index (χ2v) is 4.25. The van der Waals surface area contributed by atoms with Crippen molar-refractivity contribution in [1.29, 1.82) is 0 Å². The lowest BCUT2D eigenvalue weighted by Gasteiger charge is -2.05. The smallest absolute Gasteiger partial charge is 0.375 e. The van der Waals surface area contributed by atoms with Crippen LogP contribution in [0, 0.1) is 0 Å². The summed E-state index contributed by atoms with van der Waals surface area (Å²) in [5.41, 5.74) is 1.07. The van der Waals surface area contributed by atoms with Crippen molar-refractivity contribution in [3.63, 3.8) is 0 Å². The summed E-state index contributed by atoms with van der Waals surface area (Å²) < 4.78 is 6.39. The van der Waals surface area contributed by atoms with E-state index in [-0.39, 0.29) is 5.82 Å². The van der Waals surface area contributed by atoms with E-state index in [4.69, 9.17) is 9.84 Å². The summed E-state index contributed by atoms with van der Waals surface area (Å²) in [4.78, 5) is 23.4. The van der Waals surface area contributed by atoms with Gasteiger partial charge in [-0.2, -0.15) is 4.98 Å². The Kier molecular flexibility index (Phi) is 3.48. The highest BCUT2D eigenvalue weighted by molar-refractivity contribution is 5.83. The summed E-state index contributed by atoms with van der Waals surface area (Å²) in [6, 6.07) is 8.63. The summed E-state index contributed by atoms with van der Waals surface area (Å²) in [5.74, 6) is -0.749. The lowest BCUT2D eigenvalue weighted by molar-refractivity contribution is 0.0683. The van der Waals surface area contributed by atoms with Crippen molar-refractivity contribution in [2.75, 3.05) is 7.11 Å². The van der Waals surface area contributed by atoms with Crippen LogP contribution in [0.25, 0.3) is 17.2 Å². The van der Waals surface area contributed by atoms with Crippen molar-refractivity contribution in [2.45, 2.75) is 0 Å². The van der Waals surface area contributed by atoms with Crippen molar-refractivity contribution < 1.29 is 14.6 Å². The zero-order valence-corrected chi connectivity index (χ0v) is 11.5. The van der Waals surface area contributed by atoms with Crippen molar-refractivity contribution in [1.82, 2.24) is 24.7 Å². The number of hydrogen-bond donors (Lipinski definition) is 1. The third-order valence-corrected chi connectivity index (χ3v) is 2.87. The van der Waals surface area contributed by atoms with Crippen LogP contribution in [0.15, 0.2) is 42.7 Å². The van der Waals surface area contributed by atoms with Gasteiger partial charge in [-0.05, 0) is 18.2 Å². The van der Waals surface area contributed by atoms with Crippen molar-refractivity contribution in [3.8, 4) is 23.1 Å². The van der Waals surface area contributed by atoms with E-state index in [0.717, 1.165) is 0 Å². The van der Waals surface area contributed by atoms with Gasteiger partial charge in [-0.25, -0.2) is 14.5 Å². The molecule has 0 unspecified atom stereocenters. The summed E-state index contributed by atoms with van der Waals surface area (Å²) in [6.07, 6.45) is 3.12. The third kappa shape index (κ3) is 2.49. The maximum atomic E-state index is 11.1. The molecule has 3 rings (SSSR count).